The summed E-state index contributed by atoms with van der Waals surface area (Å²) in [4.78, 5) is 0.897. The molecule has 0 N–H and O–H groups in total. The third-order valence-electron chi connectivity index (χ3n) is 9.05. The van der Waals surface area contributed by atoms with E-state index in [9.17, 15) is 15.1 Å². The number of furan rings is 2. The summed E-state index contributed by atoms with van der Waals surface area (Å²) in [7, 11) is 0. The lowest BCUT2D eigenvalue weighted by molar-refractivity contribution is 0.669. The van der Waals surface area contributed by atoms with E-state index in [1.165, 1.54) is 24.3 Å². The molecule has 0 aliphatic carbocycles. The van der Waals surface area contributed by atoms with Crippen molar-refractivity contribution in [2.45, 2.75) is 0 Å². The lowest BCUT2D eigenvalue weighted by Gasteiger charge is -2.27. The maximum absolute atomic E-state index is 9.69. The predicted octanol–water partition coefficient (Wildman–Crippen LogP) is 15.1. The second-order valence-corrected chi connectivity index (χ2v) is 12.1. The topological polar surface area (TPSA) is 29.5 Å². The molecular weight excluding hydrogens is 671 g/mol. The molecule has 0 radical (unpaired) electrons. The molecule has 0 aliphatic heterocycles. The summed E-state index contributed by atoms with van der Waals surface area (Å²) < 4.78 is 235. The third-order valence-corrected chi connectivity index (χ3v) is 9.05. The number of fused-ring (bicyclic) bond motifs is 8. The SMILES string of the molecule is [2H]c1c([2H])c([2H])c(-c2c([2H])c([2H])c(N(c3c([2H])c([2H])c(-c4c([2H])c([2H])c([2H])c([2H])c4[2H])c([2H])c3[2H])c3cc4c(oc5cccc(-c6c([2H])c([2H])c7c(oc8c([2H])c([2H])c([2H])c([2H])c87)c6[2H])c54)c4ccccc34)c([2H])c2[2H])c([2H])c1[2H]. The minimum absolute atomic E-state index is 0.0684. The number of benzene rings is 9. The van der Waals surface area contributed by atoms with Gasteiger partial charge >= 0.3 is 0 Å². The molecule has 3 heteroatoms. The van der Waals surface area contributed by atoms with Crippen LogP contribution in [0.5, 0.6) is 0 Å². The van der Waals surface area contributed by atoms with E-state index >= 15 is 0 Å². The van der Waals surface area contributed by atoms with Gasteiger partial charge in [0.05, 0.1) is 40.0 Å². The van der Waals surface area contributed by atoms with Crippen LogP contribution in [0.25, 0.3) is 88.0 Å². The van der Waals surface area contributed by atoms with Gasteiger partial charge in [-0.2, -0.15) is 0 Å². The Morgan fingerprint density at radius 2 is 0.982 bits per heavy atom. The van der Waals surface area contributed by atoms with Crippen molar-refractivity contribution in [3.05, 3.63) is 200 Å². The lowest BCUT2D eigenvalue weighted by atomic mass is 9.96. The summed E-state index contributed by atoms with van der Waals surface area (Å²) in [6, 6.07) is -8.03. The highest BCUT2D eigenvalue weighted by molar-refractivity contribution is 6.23. The van der Waals surface area contributed by atoms with Crippen LogP contribution in [-0.2, 0) is 0 Å². The molecule has 2 aromatic heterocycles. The van der Waals surface area contributed by atoms with Crippen molar-refractivity contribution in [1.29, 1.82) is 0 Å². The van der Waals surface area contributed by atoms with Crippen molar-refractivity contribution in [2.24, 2.45) is 0 Å². The number of hydrogen-bond donors (Lipinski definition) is 0. The molecule has 0 saturated heterocycles. The van der Waals surface area contributed by atoms with Gasteiger partial charge in [0.2, 0.25) is 0 Å². The quantitative estimate of drug-likeness (QED) is 0.171. The van der Waals surface area contributed by atoms with Gasteiger partial charge in [0.1, 0.15) is 22.3 Å². The molecule has 258 valence electrons. The van der Waals surface area contributed by atoms with Crippen LogP contribution in [0.4, 0.5) is 17.1 Å². The molecule has 0 bridgehead atoms. The minimum atomic E-state index is -0.983. The van der Waals surface area contributed by atoms with Crippen molar-refractivity contribution in [3.63, 3.8) is 0 Å². The predicted molar refractivity (Wildman–Crippen MR) is 229 cm³/mol. The summed E-state index contributed by atoms with van der Waals surface area (Å²) in [5.74, 6) is 0. The molecule has 0 spiro atoms. The zero-order valence-electron chi connectivity index (χ0n) is 52.9. The number of para-hydroxylation sites is 1. The van der Waals surface area contributed by atoms with Gasteiger partial charge in [-0.15, -0.1) is 0 Å². The first-order valence-electron chi connectivity index (χ1n) is 29.1. The highest BCUT2D eigenvalue weighted by Crippen LogP contribution is 2.47. The molecule has 0 saturated carbocycles. The standard InChI is InChI=1S/C52H33NO2/c1-3-12-34(13-4-1)36-22-27-39(28-23-36)53(40-29-24-37(25-30-40)35-14-5-2-6-15-35)47-33-46-51-41(19-11-21-49(51)55-52(46)45-18-8-7-16-42(45)47)38-26-31-44-43-17-9-10-20-48(43)54-50(44)32-38/h1-33H/i1D,2D,3D,4D,5D,6D,9D,10D,12D,13D,14D,15D,17D,20D,22D,23D,24D,25D,26D,27D,28D,29D,30D,31D,32D. The second kappa shape index (κ2) is 12.6. The highest BCUT2D eigenvalue weighted by Gasteiger charge is 2.22. The fraction of sp³-hybridized carbons (Fsp3) is 0. The van der Waals surface area contributed by atoms with Gasteiger partial charge in [0, 0.05) is 43.7 Å². The Morgan fingerprint density at radius 3 is 1.67 bits per heavy atom. The monoisotopic (exact) mass is 728 g/mol. The van der Waals surface area contributed by atoms with Gasteiger partial charge < -0.3 is 13.7 Å². The first kappa shape index (κ1) is 15.2. The summed E-state index contributed by atoms with van der Waals surface area (Å²) in [6.45, 7) is 0. The molecular formula is C52H33NO2. The Labute approximate surface area is 353 Å². The van der Waals surface area contributed by atoms with Crippen LogP contribution in [-0.4, -0.2) is 0 Å². The van der Waals surface area contributed by atoms with Crippen molar-refractivity contribution in [1.82, 2.24) is 0 Å². The molecule has 11 aromatic rings. The van der Waals surface area contributed by atoms with Crippen LogP contribution < -0.4 is 4.90 Å². The van der Waals surface area contributed by atoms with E-state index in [-0.39, 0.29) is 71.5 Å². The molecule has 0 fully saturated rings. The van der Waals surface area contributed by atoms with Crippen LogP contribution in [0.15, 0.2) is 208 Å². The molecule has 0 amide bonds. The molecule has 0 unspecified atom stereocenters. The average Bonchev–Trinajstić information content (AvgIpc) is 4.19. The van der Waals surface area contributed by atoms with E-state index in [1.54, 1.807) is 24.3 Å². The molecule has 55 heavy (non-hydrogen) atoms. The second-order valence-electron chi connectivity index (χ2n) is 12.1. The van der Waals surface area contributed by atoms with Gasteiger partial charge in [0.25, 0.3) is 0 Å². The van der Waals surface area contributed by atoms with Crippen LogP contribution in [0.3, 0.4) is 0 Å². The maximum Gasteiger partial charge on any atom is 0.143 e. The molecule has 0 atom stereocenters. The lowest BCUT2D eigenvalue weighted by Crippen LogP contribution is -2.10. The van der Waals surface area contributed by atoms with E-state index in [1.807, 2.05) is 0 Å². The highest BCUT2D eigenvalue weighted by atomic mass is 16.3. The van der Waals surface area contributed by atoms with E-state index in [0.29, 0.717) is 0 Å². The normalized spacial score (nSPS) is 18.0. The summed E-state index contributed by atoms with van der Waals surface area (Å²) >= 11 is 0. The van der Waals surface area contributed by atoms with Crippen LogP contribution in [0, 0.1) is 0 Å². The van der Waals surface area contributed by atoms with Crippen molar-refractivity contribution in [3.8, 4) is 33.4 Å². The van der Waals surface area contributed by atoms with Gasteiger partial charge in [0.15, 0.2) is 0 Å². The number of hydrogen-bond acceptors (Lipinski definition) is 3. The summed E-state index contributed by atoms with van der Waals surface area (Å²) in [6.07, 6.45) is 0. The fourth-order valence-electron chi connectivity index (χ4n) is 6.64. The van der Waals surface area contributed by atoms with Crippen molar-refractivity contribution < 1.29 is 43.1 Å². The first-order valence-corrected chi connectivity index (χ1v) is 16.6. The molecule has 2 heterocycles. The first-order chi connectivity index (χ1) is 37.7. The number of anilines is 3. The Morgan fingerprint density at radius 1 is 0.400 bits per heavy atom. The van der Waals surface area contributed by atoms with Gasteiger partial charge in [-0.1, -0.05) is 145 Å². The molecule has 9 aromatic carbocycles. The zero-order chi connectivity index (χ0) is 58.1. The van der Waals surface area contributed by atoms with E-state index < -0.39 is 185 Å². The molecule has 11 rings (SSSR count). The van der Waals surface area contributed by atoms with Gasteiger partial charge in [-0.3, -0.25) is 0 Å². The fourth-order valence-corrected chi connectivity index (χ4v) is 6.64. The Hall–Kier alpha value is -7.36. The van der Waals surface area contributed by atoms with Crippen LogP contribution >= 0.6 is 0 Å². The van der Waals surface area contributed by atoms with E-state index in [0.717, 1.165) is 4.90 Å². The average molecular weight is 729 g/mol. The Bertz CT molecular complexity index is 4430. The molecule has 0 aliphatic rings. The smallest absolute Gasteiger partial charge is 0.143 e. The van der Waals surface area contributed by atoms with Crippen molar-refractivity contribution in [2.75, 3.05) is 4.90 Å². The minimum Gasteiger partial charge on any atom is -0.456 e. The van der Waals surface area contributed by atoms with E-state index in [2.05, 4.69) is 0 Å². The van der Waals surface area contributed by atoms with Crippen molar-refractivity contribution >= 4 is 71.7 Å². The van der Waals surface area contributed by atoms with Crippen LogP contribution in [0.1, 0.15) is 34.3 Å². The van der Waals surface area contributed by atoms with E-state index in [4.69, 9.17) is 28.0 Å². The third kappa shape index (κ3) is 5.20. The Kier molecular flexibility index (Phi) is 3.49. The molecule has 3 nitrogen and oxygen atoms in total. The number of rotatable bonds is 6. The van der Waals surface area contributed by atoms with Crippen LogP contribution in [0.2, 0.25) is 0 Å². The largest absolute Gasteiger partial charge is 0.456 e. The maximum atomic E-state index is 9.69. The Balaban J connectivity index is 1.29. The van der Waals surface area contributed by atoms with Gasteiger partial charge in [-0.05, 0) is 87.8 Å². The number of nitrogens with zero attached hydrogens (tertiary/aromatic N) is 1. The zero-order valence-corrected chi connectivity index (χ0v) is 27.9. The summed E-state index contributed by atoms with van der Waals surface area (Å²) in [5.41, 5.74) is -5.18. The van der Waals surface area contributed by atoms with Gasteiger partial charge in [-0.25, -0.2) is 0 Å². The summed E-state index contributed by atoms with van der Waals surface area (Å²) in [5, 5.41) is 0.202.